The number of methoxy groups -OCH3 is 1. The molecule has 1 aliphatic heterocycles. The minimum atomic E-state index is 0.0621. The van der Waals surface area contributed by atoms with E-state index in [2.05, 4.69) is 51.2 Å². The fourth-order valence-electron chi connectivity index (χ4n) is 2.73. The molecule has 1 aromatic carbocycles. The van der Waals surface area contributed by atoms with Gasteiger partial charge in [0.25, 0.3) is 0 Å². The highest BCUT2D eigenvalue weighted by atomic mass is 16.5. The van der Waals surface area contributed by atoms with Gasteiger partial charge in [0, 0.05) is 11.1 Å². The van der Waals surface area contributed by atoms with Crippen LogP contribution in [0.15, 0.2) is 18.2 Å². The second-order valence-corrected chi connectivity index (χ2v) is 6.53. The topological polar surface area (TPSA) is 21.3 Å². The Morgan fingerprint density at radius 2 is 2.00 bits per heavy atom. The van der Waals surface area contributed by atoms with Crippen molar-refractivity contribution in [3.05, 3.63) is 29.3 Å². The van der Waals surface area contributed by atoms with Gasteiger partial charge in [-0.05, 0) is 49.4 Å². The van der Waals surface area contributed by atoms with E-state index in [-0.39, 0.29) is 11.0 Å². The summed E-state index contributed by atoms with van der Waals surface area (Å²) in [4.78, 5) is 0. The van der Waals surface area contributed by atoms with Gasteiger partial charge in [-0.25, -0.2) is 0 Å². The van der Waals surface area contributed by atoms with Crippen molar-refractivity contribution in [2.75, 3.05) is 13.7 Å². The predicted molar refractivity (Wildman–Crippen MR) is 76.3 cm³/mol. The molecule has 0 bridgehead atoms. The average Bonchev–Trinajstić information content (AvgIpc) is 2.75. The molecule has 2 nitrogen and oxygen atoms in total. The van der Waals surface area contributed by atoms with E-state index < -0.39 is 0 Å². The molecule has 100 valence electrons. The van der Waals surface area contributed by atoms with Crippen molar-refractivity contribution in [2.45, 2.75) is 51.5 Å². The zero-order chi connectivity index (χ0) is 13.4. The zero-order valence-corrected chi connectivity index (χ0v) is 12.3. The summed E-state index contributed by atoms with van der Waals surface area (Å²) in [6.07, 6.45) is 2.41. The fourth-order valence-corrected chi connectivity index (χ4v) is 2.73. The van der Waals surface area contributed by atoms with Gasteiger partial charge in [-0.3, -0.25) is 0 Å². The maximum Gasteiger partial charge on any atom is 0.123 e. The van der Waals surface area contributed by atoms with Crippen LogP contribution in [0, 0.1) is 0 Å². The van der Waals surface area contributed by atoms with Gasteiger partial charge in [-0.1, -0.05) is 26.8 Å². The van der Waals surface area contributed by atoms with Crippen molar-refractivity contribution in [1.82, 2.24) is 5.32 Å². The molecule has 0 amide bonds. The Bertz CT molecular complexity index is 425. The zero-order valence-electron chi connectivity index (χ0n) is 12.3. The van der Waals surface area contributed by atoms with Crippen LogP contribution in [-0.4, -0.2) is 13.7 Å². The smallest absolute Gasteiger partial charge is 0.123 e. The van der Waals surface area contributed by atoms with Crippen molar-refractivity contribution >= 4 is 0 Å². The summed E-state index contributed by atoms with van der Waals surface area (Å²) in [5.41, 5.74) is 2.91. The molecule has 1 aliphatic rings. The summed E-state index contributed by atoms with van der Waals surface area (Å²) >= 11 is 0. The van der Waals surface area contributed by atoms with E-state index in [0.29, 0.717) is 0 Å². The summed E-state index contributed by atoms with van der Waals surface area (Å²) < 4.78 is 5.55. The Balaban J connectivity index is 2.49. The van der Waals surface area contributed by atoms with E-state index in [4.69, 9.17) is 4.74 Å². The summed E-state index contributed by atoms with van der Waals surface area (Å²) in [5.74, 6) is 1.000. The molecule has 0 spiro atoms. The number of hydrogen-bond acceptors (Lipinski definition) is 2. The van der Waals surface area contributed by atoms with Gasteiger partial charge in [0.05, 0.1) is 7.11 Å². The number of hydrogen-bond donors (Lipinski definition) is 1. The Hall–Kier alpha value is -1.02. The Morgan fingerprint density at radius 3 is 2.50 bits per heavy atom. The summed E-state index contributed by atoms with van der Waals surface area (Å²) in [7, 11) is 1.76. The highest BCUT2D eigenvalue weighted by molar-refractivity contribution is 5.44. The van der Waals surface area contributed by atoms with E-state index >= 15 is 0 Å². The Labute approximate surface area is 111 Å². The molecule has 2 rings (SSSR count). The number of ether oxygens (including phenoxy) is 1. The van der Waals surface area contributed by atoms with Gasteiger partial charge < -0.3 is 10.1 Å². The molecule has 1 saturated heterocycles. The van der Waals surface area contributed by atoms with Crippen LogP contribution in [0.5, 0.6) is 5.75 Å². The first-order valence-electron chi connectivity index (χ1n) is 6.81. The van der Waals surface area contributed by atoms with E-state index in [1.54, 1.807) is 7.11 Å². The molecular formula is C16H25NO. The third-order valence-corrected chi connectivity index (χ3v) is 4.03. The maximum atomic E-state index is 5.55. The number of rotatable bonds is 2. The average molecular weight is 247 g/mol. The second kappa shape index (κ2) is 4.58. The third kappa shape index (κ3) is 2.39. The summed E-state index contributed by atoms with van der Waals surface area (Å²) in [6, 6.07) is 6.61. The lowest BCUT2D eigenvalue weighted by Gasteiger charge is -2.29. The van der Waals surface area contributed by atoms with Crippen LogP contribution in [0.25, 0.3) is 0 Å². The number of nitrogens with one attached hydrogen (secondary N) is 1. The van der Waals surface area contributed by atoms with Gasteiger partial charge in [0.15, 0.2) is 0 Å². The van der Waals surface area contributed by atoms with Crippen molar-refractivity contribution < 1.29 is 4.74 Å². The number of benzene rings is 1. The van der Waals surface area contributed by atoms with Gasteiger partial charge >= 0.3 is 0 Å². The van der Waals surface area contributed by atoms with E-state index in [1.807, 2.05) is 0 Å². The molecule has 1 aromatic rings. The Kier molecular flexibility index (Phi) is 3.41. The van der Waals surface area contributed by atoms with Crippen LogP contribution in [-0.2, 0) is 11.0 Å². The molecule has 1 N–H and O–H groups in total. The maximum absolute atomic E-state index is 5.55. The van der Waals surface area contributed by atoms with Gasteiger partial charge in [0.1, 0.15) is 5.75 Å². The van der Waals surface area contributed by atoms with Crippen molar-refractivity contribution in [2.24, 2.45) is 0 Å². The van der Waals surface area contributed by atoms with Crippen LogP contribution in [0.2, 0.25) is 0 Å². The van der Waals surface area contributed by atoms with E-state index in [9.17, 15) is 0 Å². The lowest BCUT2D eigenvalue weighted by atomic mass is 9.82. The van der Waals surface area contributed by atoms with Gasteiger partial charge in [-0.2, -0.15) is 0 Å². The minimum Gasteiger partial charge on any atom is -0.496 e. The molecule has 18 heavy (non-hydrogen) atoms. The second-order valence-electron chi connectivity index (χ2n) is 6.53. The molecule has 0 saturated carbocycles. The van der Waals surface area contributed by atoms with Crippen LogP contribution in [0.4, 0.5) is 0 Å². The summed E-state index contributed by atoms with van der Waals surface area (Å²) in [6.45, 7) is 10.1. The quantitative estimate of drug-likeness (QED) is 0.862. The van der Waals surface area contributed by atoms with E-state index in [0.717, 1.165) is 12.3 Å². The molecule has 0 aliphatic carbocycles. The molecule has 1 heterocycles. The first-order chi connectivity index (χ1) is 8.37. The van der Waals surface area contributed by atoms with Crippen LogP contribution in [0.1, 0.15) is 51.7 Å². The van der Waals surface area contributed by atoms with Crippen LogP contribution in [0.3, 0.4) is 0 Å². The molecule has 0 radical (unpaired) electrons. The molecule has 0 aromatic heterocycles. The normalized spacial score (nSPS) is 24.3. The van der Waals surface area contributed by atoms with Gasteiger partial charge in [-0.15, -0.1) is 0 Å². The third-order valence-electron chi connectivity index (χ3n) is 4.03. The Morgan fingerprint density at radius 1 is 1.28 bits per heavy atom. The molecular weight excluding hydrogens is 222 g/mol. The monoisotopic (exact) mass is 247 g/mol. The van der Waals surface area contributed by atoms with Crippen molar-refractivity contribution in [3.8, 4) is 5.75 Å². The fraction of sp³-hybridized carbons (Fsp3) is 0.625. The van der Waals surface area contributed by atoms with Crippen LogP contribution < -0.4 is 10.1 Å². The minimum absolute atomic E-state index is 0.0621. The highest BCUT2D eigenvalue weighted by Crippen LogP contribution is 2.38. The van der Waals surface area contributed by atoms with E-state index in [1.165, 1.54) is 24.0 Å². The lowest BCUT2D eigenvalue weighted by molar-refractivity contribution is 0.370. The van der Waals surface area contributed by atoms with Gasteiger partial charge in [0.2, 0.25) is 0 Å². The SMILES string of the molecule is COc1ccc(C(C)(C)C)cc1C1(C)CCCN1. The lowest BCUT2D eigenvalue weighted by Crippen LogP contribution is -2.34. The van der Waals surface area contributed by atoms with Crippen LogP contribution >= 0.6 is 0 Å². The standard InChI is InChI=1S/C16H25NO/c1-15(2,3)12-7-8-14(18-5)13(11-12)16(4)9-6-10-17-16/h7-8,11,17H,6,9-10H2,1-5H3. The molecule has 1 atom stereocenters. The first kappa shape index (κ1) is 13.4. The molecule has 2 heteroatoms. The summed E-state index contributed by atoms with van der Waals surface area (Å²) in [5, 5.41) is 3.62. The van der Waals surface area contributed by atoms with Crippen molar-refractivity contribution in [1.29, 1.82) is 0 Å². The molecule has 1 unspecified atom stereocenters. The first-order valence-corrected chi connectivity index (χ1v) is 6.81. The highest BCUT2D eigenvalue weighted by Gasteiger charge is 2.33. The predicted octanol–water partition coefficient (Wildman–Crippen LogP) is 3.59. The van der Waals surface area contributed by atoms with Crippen molar-refractivity contribution in [3.63, 3.8) is 0 Å². The molecule has 1 fully saturated rings. The largest absolute Gasteiger partial charge is 0.496 e.